The van der Waals surface area contributed by atoms with Crippen molar-refractivity contribution in [2.24, 2.45) is 0 Å². The number of sulfone groups is 1. The van der Waals surface area contributed by atoms with Crippen molar-refractivity contribution in [3.8, 4) is 33.6 Å². The highest BCUT2D eigenvalue weighted by atomic mass is 32.2. The minimum atomic E-state index is -3.18. The van der Waals surface area contributed by atoms with Crippen LogP contribution in [0, 0.1) is 5.82 Å². The Labute approximate surface area is 264 Å². The Kier molecular flexibility index (Phi) is 7.85. The van der Waals surface area contributed by atoms with Gasteiger partial charge >= 0.3 is 0 Å². The molecule has 46 heavy (non-hydrogen) atoms. The van der Waals surface area contributed by atoms with Gasteiger partial charge in [0.2, 0.25) is 0 Å². The normalized spacial score (nSPS) is 11.9. The molecule has 0 saturated carbocycles. The van der Waals surface area contributed by atoms with Crippen LogP contribution in [-0.4, -0.2) is 50.6 Å². The van der Waals surface area contributed by atoms with Gasteiger partial charge in [-0.3, -0.25) is 10.1 Å². The third-order valence-corrected chi connectivity index (χ3v) is 8.82. The van der Waals surface area contributed by atoms with Crippen LogP contribution in [0.15, 0.2) is 97.6 Å². The van der Waals surface area contributed by atoms with Gasteiger partial charge in [-0.2, -0.15) is 5.10 Å². The number of hydrogen-bond acceptors (Lipinski definition) is 7. The predicted molar refractivity (Wildman–Crippen MR) is 178 cm³/mol. The van der Waals surface area contributed by atoms with Crippen LogP contribution in [0.4, 0.5) is 4.39 Å². The highest BCUT2D eigenvalue weighted by molar-refractivity contribution is 7.90. The van der Waals surface area contributed by atoms with Crippen molar-refractivity contribution in [1.82, 2.24) is 35.5 Å². The summed E-state index contributed by atoms with van der Waals surface area (Å²) < 4.78 is 38.1. The van der Waals surface area contributed by atoms with Crippen LogP contribution in [0.5, 0.6) is 0 Å². The van der Waals surface area contributed by atoms with Gasteiger partial charge in [-0.1, -0.05) is 36.4 Å². The molecule has 0 aliphatic carbocycles. The lowest BCUT2D eigenvalue weighted by Crippen LogP contribution is -2.12. The van der Waals surface area contributed by atoms with E-state index in [1.54, 1.807) is 12.4 Å². The molecule has 3 N–H and O–H groups in total. The first-order valence-corrected chi connectivity index (χ1v) is 16.8. The van der Waals surface area contributed by atoms with Gasteiger partial charge < -0.3 is 10.3 Å². The van der Waals surface area contributed by atoms with E-state index in [0.29, 0.717) is 29.0 Å². The van der Waals surface area contributed by atoms with Crippen molar-refractivity contribution >= 4 is 31.9 Å². The summed E-state index contributed by atoms with van der Waals surface area (Å²) in [5, 5.41) is 12.6. The molecule has 230 valence electrons. The summed E-state index contributed by atoms with van der Waals surface area (Å²) in [6.07, 6.45) is 8.55. The highest BCUT2D eigenvalue weighted by Crippen LogP contribution is 2.34. The van der Waals surface area contributed by atoms with Crippen LogP contribution in [0.2, 0.25) is 0 Å². The number of benzene rings is 2. The molecular formula is C35H30FN7O2S. The molecule has 0 radical (unpaired) electrons. The van der Waals surface area contributed by atoms with E-state index in [2.05, 4.69) is 53.6 Å². The summed E-state index contributed by atoms with van der Waals surface area (Å²) in [5.41, 5.74) is 8.86. The van der Waals surface area contributed by atoms with Crippen molar-refractivity contribution < 1.29 is 12.8 Å². The SMILES string of the molecule is CS(=O)(=O)CCc1cc(F)cc(-c2ccnc3[nH]c(-c4[nH]nc5ncc(-c6cncc(CNCc7ccccc7)c6)cc45)cc23)c1. The number of H-pyrrole nitrogens is 2. The highest BCUT2D eigenvalue weighted by Gasteiger charge is 2.16. The van der Waals surface area contributed by atoms with Crippen molar-refractivity contribution in [1.29, 1.82) is 0 Å². The molecule has 7 rings (SSSR count). The molecule has 0 bridgehead atoms. The maximum absolute atomic E-state index is 14.7. The number of aromatic nitrogens is 6. The van der Waals surface area contributed by atoms with Crippen LogP contribution in [0.25, 0.3) is 55.7 Å². The number of nitrogens with one attached hydrogen (secondary N) is 3. The third kappa shape index (κ3) is 6.42. The van der Waals surface area contributed by atoms with Gasteiger partial charge in [0, 0.05) is 66.0 Å². The zero-order chi connectivity index (χ0) is 31.7. The largest absolute Gasteiger partial charge is 0.338 e. The number of hydrogen-bond donors (Lipinski definition) is 3. The second-order valence-corrected chi connectivity index (χ2v) is 13.7. The summed E-state index contributed by atoms with van der Waals surface area (Å²) in [5.74, 6) is -0.477. The van der Waals surface area contributed by atoms with Crippen LogP contribution in [0.3, 0.4) is 0 Å². The summed E-state index contributed by atoms with van der Waals surface area (Å²) in [4.78, 5) is 17.0. The topological polar surface area (TPSA) is 129 Å². The van der Waals surface area contributed by atoms with E-state index in [9.17, 15) is 12.8 Å². The van der Waals surface area contributed by atoms with Crippen LogP contribution >= 0.6 is 0 Å². The molecule has 2 aromatic carbocycles. The standard InChI is InChI=1S/C35H30FN7O2S/c1-46(44,45)10-8-23-11-25(14-28(36)13-23)29-7-9-39-34-30(29)16-32(41-34)33-31-15-27(21-40-35(31)43-42-33)26-12-24(19-38-20-26)18-37-17-22-5-3-2-4-6-22/h2-7,9,11-16,19-21,37H,8,10,17-18H2,1H3,(H,39,41)(H,40,42,43). The monoisotopic (exact) mass is 631 g/mol. The molecule has 5 aromatic heterocycles. The number of halogens is 1. The molecule has 0 unspecified atom stereocenters. The third-order valence-electron chi connectivity index (χ3n) is 7.87. The zero-order valence-electron chi connectivity index (χ0n) is 25.0. The fraction of sp³-hybridized carbons (Fsp3) is 0.143. The second kappa shape index (κ2) is 12.3. The molecule has 7 aromatic rings. The summed E-state index contributed by atoms with van der Waals surface area (Å²) in [6.45, 7) is 1.44. The zero-order valence-corrected chi connectivity index (χ0v) is 25.8. The average Bonchev–Trinajstić information content (AvgIpc) is 3.68. The van der Waals surface area contributed by atoms with Crippen molar-refractivity contribution in [3.63, 3.8) is 0 Å². The van der Waals surface area contributed by atoms with Gasteiger partial charge in [-0.05, 0) is 70.6 Å². The van der Waals surface area contributed by atoms with Gasteiger partial charge in [0.05, 0.1) is 17.1 Å². The van der Waals surface area contributed by atoms with Gasteiger partial charge in [0.15, 0.2) is 5.65 Å². The number of aryl methyl sites for hydroxylation is 1. The lowest BCUT2D eigenvalue weighted by atomic mass is 10.00. The molecule has 0 amide bonds. The number of pyridine rings is 3. The smallest absolute Gasteiger partial charge is 0.181 e. The van der Waals surface area contributed by atoms with E-state index >= 15 is 0 Å². The van der Waals surface area contributed by atoms with Crippen LogP contribution < -0.4 is 5.32 Å². The summed E-state index contributed by atoms with van der Waals surface area (Å²) >= 11 is 0. The van der Waals surface area contributed by atoms with E-state index in [-0.39, 0.29) is 12.2 Å². The van der Waals surface area contributed by atoms with Crippen LogP contribution in [-0.2, 0) is 29.3 Å². The Morgan fingerprint density at radius 3 is 2.46 bits per heavy atom. The van der Waals surface area contributed by atoms with Crippen molar-refractivity contribution in [2.45, 2.75) is 19.5 Å². The Morgan fingerprint density at radius 2 is 1.61 bits per heavy atom. The minimum Gasteiger partial charge on any atom is -0.338 e. The Bertz CT molecular complexity index is 2300. The number of aromatic amines is 2. The Morgan fingerprint density at radius 1 is 0.804 bits per heavy atom. The molecule has 0 spiro atoms. The first-order valence-electron chi connectivity index (χ1n) is 14.8. The molecule has 0 aliphatic rings. The van der Waals surface area contributed by atoms with Gasteiger partial charge in [0.25, 0.3) is 0 Å². The van der Waals surface area contributed by atoms with Gasteiger partial charge in [-0.15, -0.1) is 0 Å². The first kappa shape index (κ1) is 29.5. The molecular weight excluding hydrogens is 601 g/mol. The van der Waals surface area contributed by atoms with Crippen molar-refractivity contribution in [2.75, 3.05) is 12.0 Å². The van der Waals surface area contributed by atoms with Crippen LogP contribution in [0.1, 0.15) is 16.7 Å². The van der Waals surface area contributed by atoms with Gasteiger partial charge in [-0.25, -0.2) is 22.8 Å². The van der Waals surface area contributed by atoms with E-state index in [1.165, 1.54) is 24.0 Å². The average molecular weight is 632 g/mol. The maximum Gasteiger partial charge on any atom is 0.181 e. The fourth-order valence-electron chi connectivity index (χ4n) is 5.62. The molecule has 0 saturated heterocycles. The molecule has 9 nitrogen and oxygen atoms in total. The fourth-order valence-corrected chi connectivity index (χ4v) is 6.23. The van der Waals surface area contributed by atoms with E-state index in [1.807, 2.05) is 54.9 Å². The number of nitrogens with zero attached hydrogens (tertiary/aromatic N) is 4. The van der Waals surface area contributed by atoms with E-state index in [4.69, 9.17) is 0 Å². The van der Waals surface area contributed by atoms with Crippen molar-refractivity contribution in [3.05, 3.63) is 120 Å². The number of fused-ring (bicyclic) bond motifs is 2. The summed E-state index contributed by atoms with van der Waals surface area (Å²) in [6, 6.07) is 22.9. The minimum absolute atomic E-state index is 0.0512. The molecule has 11 heteroatoms. The van der Waals surface area contributed by atoms with E-state index in [0.717, 1.165) is 51.0 Å². The molecule has 5 heterocycles. The second-order valence-electron chi connectivity index (χ2n) is 11.4. The molecule has 0 atom stereocenters. The Balaban J connectivity index is 1.19. The molecule has 0 aliphatic heterocycles. The lowest BCUT2D eigenvalue weighted by Gasteiger charge is -2.07. The molecule has 0 fully saturated rings. The summed E-state index contributed by atoms with van der Waals surface area (Å²) in [7, 11) is -3.18. The lowest BCUT2D eigenvalue weighted by molar-refractivity contribution is 0.600. The number of rotatable bonds is 10. The van der Waals surface area contributed by atoms with Gasteiger partial charge in [0.1, 0.15) is 21.3 Å². The predicted octanol–water partition coefficient (Wildman–Crippen LogP) is 6.25. The van der Waals surface area contributed by atoms with E-state index < -0.39 is 15.7 Å². The Hall–Kier alpha value is -5.26. The maximum atomic E-state index is 14.7. The first-order chi connectivity index (χ1) is 22.3. The quantitative estimate of drug-likeness (QED) is 0.163.